The fourth-order valence-corrected chi connectivity index (χ4v) is 2.38. The van der Waals surface area contributed by atoms with Crippen LogP contribution in [0.15, 0.2) is 12.2 Å². The van der Waals surface area contributed by atoms with Gasteiger partial charge in [0.2, 0.25) is 0 Å². The van der Waals surface area contributed by atoms with Crippen LogP contribution in [0.4, 0.5) is 0 Å². The van der Waals surface area contributed by atoms with Crippen molar-refractivity contribution in [3.63, 3.8) is 0 Å². The molecule has 0 heterocycles. The first-order chi connectivity index (χ1) is 5.20. The molecule has 1 fully saturated rings. The summed E-state index contributed by atoms with van der Waals surface area (Å²) >= 11 is 0. The molecule has 5 atom stereocenters. The molecule has 62 valence electrons. The van der Waals surface area contributed by atoms with Crippen LogP contribution in [-0.4, -0.2) is 17.4 Å². The van der Waals surface area contributed by atoms with Crippen LogP contribution in [0, 0.1) is 17.8 Å². The highest BCUT2D eigenvalue weighted by Crippen LogP contribution is 2.43. The summed E-state index contributed by atoms with van der Waals surface area (Å²) in [6, 6.07) is 0.0741. The predicted molar refractivity (Wildman–Crippen MR) is 42.4 cm³/mol. The standard InChI is InChI=1S/C8H14N2O/c9-7-5-2-1-4(3-5)6(7)8(10)11/h1-2,4-8,11H,3,9-10H2. The number of hydrogen-bond donors (Lipinski definition) is 3. The number of fused-ring (bicyclic) bond motifs is 2. The first kappa shape index (κ1) is 7.28. The molecule has 3 heteroatoms. The van der Waals surface area contributed by atoms with Gasteiger partial charge < -0.3 is 16.6 Å². The van der Waals surface area contributed by atoms with Gasteiger partial charge in [-0.3, -0.25) is 0 Å². The minimum Gasteiger partial charge on any atom is -0.378 e. The van der Waals surface area contributed by atoms with Gasteiger partial charge in [0.25, 0.3) is 0 Å². The van der Waals surface area contributed by atoms with E-state index < -0.39 is 6.23 Å². The lowest BCUT2D eigenvalue weighted by Crippen LogP contribution is -2.44. The van der Waals surface area contributed by atoms with Crippen LogP contribution < -0.4 is 11.5 Å². The molecule has 3 nitrogen and oxygen atoms in total. The Morgan fingerprint density at radius 2 is 2.00 bits per heavy atom. The van der Waals surface area contributed by atoms with Crippen LogP contribution >= 0.6 is 0 Å². The first-order valence-corrected chi connectivity index (χ1v) is 4.07. The summed E-state index contributed by atoms with van der Waals surface area (Å²) in [6.45, 7) is 0. The van der Waals surface area contributed by atoms with Crippen molar-refractivity contribution in [3.8, 4) is 0 Å². The minimum absolute atomic E-state index is 0.0741. The number of allylic oxidation sites excluding steroid dienone is 1. The van der Waals surface area contributed by atoms with Gasteiger partial charge in [0.1, 0.15) is 6.23 Å². The molecule has 0 aliphatic heterocycles. The van der Waals surface area contributed by atoms with Crippen molar-refractivity contribution in [2.45, 2.75) is 18.7 Å². The van der Waals surface area contributed by atoms with E-state index in [2.05, 4.69) is 12.2 Å². The molecule has 0 aromatic heterocycles. The van der Waals surface area contributed by atoms with Crippen molar-refractivity contribution >= 4 is 0 Å². The summed E-state index contributed by atoms with van der Waals surface area (Å²) in [5, 5.41) is 9.21. The van der Waals surface area contributed by atoms with Gasteiger partial charge in [-0.2, -0.15) is 0 Å². The SMILES string of the molecule is NC(O)C1C2C=CC(C2)C1N. The van der Waals surface area contributed by atoms with E-state index in [1.54, 1.807) is 0 Å². The summed E-state index contributed by atoms with van der Waals surface area (Å²) in [5.41, 5.74) is 11.3. The van der Waals surface area contributed by atoms with Crippen molar-refractivity contribution in [2.24, 2.45) is 29.2 Å². The highest BCUT2D eigenvalue weighted by atomic mass is 16.3. The van der Waals surface area contributed by atoms with Gasteiger partial charge in [-0.15, -0.1) is 0 Å². The second kappa shape index (κ2) is 2.30. The molecular formula is C8H14N2O. The normalized spacial score (nSPS) is 50.1. The zero-order valence-corrected chi connectivity index (χ0v) is 6.35. The summed E-state index contributed by atoms with van der Waals surface area (Å²) in [4.78, 5) is 0. The quantitative estimate of drug-likeness (QED) is 0.349. The average molecular weight is 154 g/mol. The van der Waals surface area contributed by atoms with Gasteiger partial charge >= 0.3 is 0 Å². The summed E-state index contributed by atoms with van der Waals surface area (Å²) < 4.78 is 0. The third kappa shape index (κ3) is 0.922. The van der Waals surface area contributed by atoms with Crippen LogP contribution in [0.3, 0.4) is 0 Å². The Morgan fingerprint density at radius 3 is 2.36 bits per heavy atom. The van der Waals surface area contributed by atoms with E-state index >= 15 is 0 Å². The van der Waals surface area contributed by atoms with Crippen molar-refractivity contribution in [3.05, 3.63) is 12.2 Å². The molecule has 0 aromatic carbocycles. The molecule has 2 aliphatic rings. The fraction of sp³-hybridized carbons (Fsp3) is 0.750. The van der Waals surface area contributed by atoms with Crippen LogP contribution in [0.25, 0.3) is 0 Å². The smallest absolute Gasteiger partial charge is 0.107 e. The molecule has 0 aromatic rings. The lowest BCUT2D eigenvalue weighted by atomic mass is 9.88. The lowest BCUT2D eigenvalue weighted by Gasteiger charge is -2.26. The van der Waals surface area contributed by atoms with E-state index in [9.17, 15) is 5.11 Å². The Morgan fingerprint density at radius 1 is 1.36 bits per heavy atom. The maximum Gasteiger partial charge on any atom is 0.107 e. The number of rotatable bonds is 1. The molecule has 2 bridgehead atoms. The van der Waals surface area contributed by atoms with Gasteiger partial charge in [-0.05, 0) is 18.3 Å². The van der Waals surface area contributed by atoms with E-state index in [-0.39, 0.29) is 12.0 Å². The Balaban J connectivity index is 2.18. The Bertz CT molecular complexity index is 191. The molecule has 0 radical (unpaired) electrons. The third-order valence-corrected chi connectivity index (χ3v) is 2.98. The lowest BCUT2D eigenvalue weighted by molar-refractivity contribution is 0.0898. The molecule has 0 spiro atoms. The molecule has 0 saturated heterocycles. The van der Waals surface area contributed by atoms with Gasteiger partial charge in [-0.25, -0.2) is 0 Å². The van der Waals surface area contributed by atoms with E-state index in [1.807, 2.05) is 0 Å². The third-order valence-electron chi connectivity index (χ3n) is 2.98. The van der Waals surface area contributed by atoms with Crippen molar-refractivity contribution in [1.82, 2.24) is 0 Å². The van der Waals surface area contributed by atoms with Crippen molar-refractivity contribution < 1.29 is 5.11 Å². The second-order valence-corrected chi connectivity index (χ2v) is 3.59. The van der Waals surface area contributed by atoms with E-state index in [4.69, 9.17) is 11.5 Å². The zero-order valence-electron chi connectivity index (χ0n) is 6.35. The Hall–Kier alpha value is -0.380. The van der Waals surface area contributed by atoms with Crippen LogP contribution in [0.5, 0.6) is 0 Å². The number of hydrogen-bond acceptors (Lipinski definition) is 3. The maximum absolute atomic E-state index is 9.21. The fourth-order valence-electron chi connectivity index (χ4n) is 2.38. The van der Waals surface area contributed by atoms with Crippen LogP contribution in [-0.2, 0) is 0 Å². The summed E-state index contributed by atoms with van der Waals surface area (Å²) in [5.74, 6) is 0.975. The average Bonchev–Trinajstić information content (AvgIpc) is 2.44. The largest absolute Gasteiger partial charge is 0.378 e. The predicted octanol–water partition coefficient (Wildman–Crippen LogP) is -0.587. The minimum atomic E-state index is -0.745. The van der Waals surface area contributed by atoms with Gasteiger partial charge in [0.15, 0.2) is 0 Å². The maximum atomic E-state index is 9.21. The highest BCUT2D eigenvalue weighted by molar-refractivity contribution is 5.16. The molecule has 1 saturated carbocycles. The van der Waals surface area contributed by atoms with Crippen molar-refractivity contribution in [1.29, 1.82) is 0 Å². The number of aliphatic hydroxyl groups is 1. The summed E-state index contributed by atoms with van der Waals surface area (Å²) in [7, 11) is 0. The van der Waals surface area contributed by atoms with Gasteiger partial charge in [0, 0.05) is 12.0 Å². The zero-order chi connectivity index (χ0) is 8.01. The van der Waals surface area contributed by atoms with Gasteiger partial charge in [0.05, 0.1) is 0 Å². The van der Waals surface area contributed by atoms with E-state index in [0.717, 1.165) is 6.42 Å². The van der Waals surface area contributed by atoms with Gasteiger partial charge in [-0.1, -0.05) is 12.2 Å². The number of nitrogens with two attached hydrogens (primary N) is 2. The molecular weight excluding hydrogens is 140 g/mol. The van der Waals surface area contributed by atoms with E-state index in [0.29, 0.717) is 11.8 Å². The van der Waals surface area contributed by atoms with Crippen molar-refractivity contribution in [2.75, 3.05) is 0 Å². The van der Waals surface area contributed by atoms with E-state index in [1.165, 1.54) is 0 Å². The molecule has 2 aliphatic carbocycles. The number of aliphatic hydroxyl groups excluding tert-OH is 1. The monoisotopic (exact) mass is 154 g/mol. The first-order valence-electron chi connectivity index (χ1n) is 4.07. The highest BCUT2D eigenvalue weighted by Gasteiger charge is 2.44. The molecule has 11 heavy (non-hydrogen) atoms. The molecule has 5 unspecified atom stereocenters. The molecule has 0 amide bonds. The Kier molecular flexibility index (Phi) is 1.52. The Labute approximate surface area is 66.1 Å². The molecule has 5 N–H and O–H groups in total. The second-order valence-electron chi connectivity index (χ2n) is 3.59. The van der Waals surface area contributed by atoms with Crippen LogP contribution in [0.2, 0.25) is 0 Å². The summed E-state index contributed by atoms with van der Waals surface area (Å²) in [6.07, 6.45) is 4.62. The topological polar surface area (TPSA) is 72.3 Å². The van der Waals surface area contributed by atoms with Crippen LogP contribution in [0.1, 0.15) is 6.42 Å². The molecule has 2 rings (SSSR count).